The predicted molar refractivity (Wildman–Crippen MR) is 71.7 cm³/mol. The van der Waals surface area contributed by atoms with Gasteiger partial charge in [-0.2, -0.15) is 11.8 Å². The van der Waals surface area contributed by atoms with Gasteiger partial charge in [-0.05, 0) is 24.6 Å². The number of anilines is 1. The van der Waals surface area contributed by atoms with Crippen LogP contribution in [-0.4, -0.2) is 30.1 Å². The Morgan fingerprint density at radius 1 is 1.53 bits per heavy atom. The van der Waals surface area contributed by atoms with Crippen molar-refractivity contribution in [2.75, 3.05) is 18.2 Å². The second-order valence-corrected chi connectivity index (χ2v) is 5.76. The van der Waals surface area contributed by atoms with Gasteiger partial charge in [0.2, 0.25) is 0 Å². The molecule has 0 aromatic heterocycles. The van der Waals surface area contributed by atoms with Gasteiger partial charge in [-0.15, -0.1) is 0 Å². The molecule has 2 unspecified atom stereocenters. The minimum absolute atomic E-state index is 0.289. The van der Waals surface area contributed by atoms with Crippen LogP contribution in [0.2, 0.25) is 0 Å². The highest BCUT2D eigenvalue weighted by Crippen LogP contribution is 2.28. The fourth-order valence-electron chi connectivity index (χ4n) is 2.01. The lowest BCUT2D eigenvalue weighted by Crippen LogP contribution is -2.19. The molecular weight excluding hydrogens is 234 g/mol. The van der Waals surface area contributed by atoms with E-state index in [0.29, 0.717) is 11.6 Å². The number of methoxy groups -OCH3 is 1. The molecule has 1 aliphatic heterocycles. The summed E-state index contributed by atoms with van der Waals surface area (Å²) in [4.78, 5) is 11.4. The van der Waals surface area contributed by atoms with E-state index in [1.165, 1.54) is 13.5 Å². The summed E-state index contributed by atoms with van der Waals surface area (Å²) in [5.74, 6) is 0.840. The molecule has 1 aliphatic rings. The summed E-state index contributed by atoms with van der Waals surface area (Å²) in [6, 6.07) is 7.98. The van der Waals surface area contributed by atoms with Crippen LogP contribution >= 0.6 is 11.8 Å². The number of ether oxygens (including phenoxy) is 1. The number of rotatable bonds is 3. The van der Waals surface area contributed by atoms with E-state index in [2.05, 4.69) is 12.2 Å². The molecule has 0 amide bonds. The van der Waals surface area contributed by atoms with Crippen LogP contribution in [0.25, 0.3) is 0 Å². The summed E-state index contributed by atoms with van der Waals surface area (Å²) >= 11 is 1.99. The monoisotopic (exact) mass is 251 g/mol. The minimum atomic E-state index is -0.289. The van der Waals surface area contributed by atoms with E-state index >= 15 is 0 Å². The molecule has 1 fully saturated rings. The van der Waals surface area contributed by atoms with Gasteiger partial charge in [0.15, 0.2) is 0 Å². The first kappa shape index (κ1) is 12.3. The second-order valence-electron chi connectivity index (χ2n) is 4.29. The first-order valence-electron chi connectivity index (χ1n) is 5.75. The summed E-state index contributed by atoms with van der Waals surface area (Å²) in [6.45, 7) is 2.25. The zero-order chi connectivity index (χ0) is 12.3. The molecule has 2 atom stereocenters. The number of carbonyl (C=O) groups is 1. The lowest BCUT2D eigenvalue weighted by molar-refractivity contribution is 0.0601. The zero-order valence-electron chi connectivity index (χ0n) is 10.1. The molecule has 0 spiro atoms. The van der Waals surface area contributed by atoms with Crippen molar-refractivity contribution in [2.24, 2.45) is 0 Å². The quantitative estimate of drug-likeness (QED) is 0.838. The first-order valence-corrected chi connectivity index (χ1v) is 6.80. The average molecular weight is 251 g/mol. The van der Waals surface area contributed by atoms with Crippen molar-refractivity contribution in [3.63, 3.8) is 0 Å². The van der Waals surface area contributed by atoms with Crippen molar-refractivity contribution >= 4 is 23.4 Å². The largest absolute Gasteiger partial charge is 0.465 e. The molecule has 1 heterocycles. The minimum Gasteiger partial charge on any atom is -0.465 e. The smallest absolute Gasteiger partial charge is 0.337 e. The summed E-state index contributed by atoms with van der Waals surface area (Å²) in [7, 11) is 1.40. The number of nitrogens with one attached hydrogen (secondary N) is 1. The van der Waals surface area contributed by atoms with E-state index in [1.54, 1.807) is 6.07 Å². The lowest BCUT2D eigenvalue weighted by Gasteiger charge is -2.13. The normalized spacial score (nSPS) is 23.4. The number of carbonyl (C=O) groups excluding carboxylic acids is 1. The van der Waals surface area contributed by atoms with Gasteiger partial charge >= 0.3 is 5.97 Å². The van der Waals surface area contributed by atoms with E-state index in [4.69, 9.17) is 4.74 Å². The van der Waals surface area contributed by atoms with Gasteiger partial charge in [0.05, 0.1) is 12.7 Å². The van der Waals surface area contributed by atoms with Crippen LogP contribution in [0.3, 0.4) is 0 Å². The molecule has 0 bridgehead atoms. The van der Waals surface area contributed by atoms with Crippen LogP contribution in [0.15, 0.2) is 24.3 Å². The Morgan fingerprint density at radius 3 is 3.00 bits per heavy atom. The highest BCUT2D eigenvalue weighted by Gasteiger charge is 2.21. The molecule has 2 rings (SSSR count). The molecule has 1 saturated heterocycles. The third kappa shape index (κ3) is 3.16. The van der Waals surface area contributed by atoms with E-state index in [9.17, 15) is 4.79 Å². The van der Waals surface area contributed by atoms with Gasteiger partial charge in [-0.25, -0.2) is 4.79 Å². The van der Waals surface area contributed by atoms with Gasteiger partial charge in [-0.3, -0.25) is 0 Å². The maximum atomic E-state index is 11.4. The Kier molecular flexibility index (Phi) is 3.94. The van der Waals surface area contributed by atoms with E-state index in [-0.39, 0.29) is 5.97 Å². The number of esters is 1. The van der Waals surface area contributed by atoms with Crippen molar-refractivity contribution in [2.45, 2.75) is 24.6 Å². The van der Waals surface area contributed by atoms with Crippen LogP contribution in [-0.2, 0) is 4.74 Å². The first-order chi connectivity index (χ1) is 8.19. The summed E-state index contributed by atoms with van der Waals surface area (Å²) in [5.41, 5.74) is 1.59. The number of hydrogen-bond donors (Lipinski definition) is 1. The van der Waals surface area contributed by atoms with Gasteiger partial charge in [0.25, 0.3) is 0 Å². The van der Waals surface area contributed by atoms with Gasteiger partial charge in [0, 0.05) is 22.7 Å². The molecule has 1 aromatic rings. The van der Waals surface area contributed by atoms with Crippen LogP contribution in [0.1, 0.15) is 23.7 Å². The predicted octanol–water partition coefficient (Wildman–Crippen LogP) is 2.78. The third-order valence-corrected chi connectivity index (χ3v) is 4.21. The molecule has 1 N–H and O–H groups in total. The van der Waals surface area contributed by atoms with Crippen molar-refractivity contribution in [3.05, 3.63) is 29.8 Å². The molecule has 3 nitrogen and oxygen atoms in total. The highest BCUT2D eigenvalue weighted by molar-refractivity contribution is 8.00. The summed E-state index contributed by atoms with van der Waals surface area (Å²) in [5, 5.41) is 4.18. The Bertz CT molecular complexity index is 408. The molecule has 0 radical (unpaired) electrons. The Balaban J connectivity index is 2.03. The number of benzene rings is 1. The van der Waals surface area contributed by atoms with Crippen LogP contribution in [0.5, 0.6) is 0 Å². The van der Waals surface area contributed by atoms with Crippen LogP contribution in [0.4, 0.5) is 5.69 Å². The third-order valence-electron chi connectivity index (χ3n) is 2.85. The second kappa shape index (κ2) is 5.45. The van der Waals surface area contributed by atoms with Crippen LogP contribution < -0.4 is 5.32 Å². The molecule has 4 heteroatoms. The highest BCUT2D eigenvalue weighted by atomic mass is 32.2. The molecule has 0 saturated carbocycles. The Hall–Kier alpha value is -1.16. The fraction of sp³-hybridized carbons (Fsp3) is 0.462. The van der Waals surface area contributed by atoms with Crippen molar-refractivity contribution in [1.29, 1.82) is 0 Å². The van der Waals surface area contributed by atoms with Crippen molar-refractivity contribution in [1.82, 2.24) is 0 Å². The number of thioether (sulfide) groups is 1. The Morgan fingerprint density at radius 2 is 2.35 bits per heavy atom. The average Bonchev–Trinajstić information content (AvgIpc) is 2.74. The topological polar surface area (TPSA) is 38.3 Å². The number of hydrogen-bond acceptors (Lipinski definition) is 4. The zero-order valence-corrected chi connectivity index (χ0v) is 10.9. The van der Waals surface area contributed by atoms with Crippen molar-refractivity contribution < 1.29 is 9.53 Å². The molecule has 1 aromatic carbocycles. The van der Waals surface area contributed by atoms with E-state index in [0.717, 1.165) is 16.7 Å². The van der Waals surface area contributed by atoms with Gasteiger partial charge < -0.3 is 10.1 Å². The standard InChI is InChI=1S/C13H17NO2S/c1-9-6-12(8-17-9)14-11-5-3-4-10(7-11)13(15)16-2/h3-5,7,9,12,14H,6,8H2,1-2H3. The maximum absolute atomic E-state index is 11.4. The van der Waals surface area contributed by atoms with E-state index < -0.39 is 0 Å². The van der Waals surface area contributed by atoms with E-state index in [1.807, 2.05) is 30.0 Å². The van der Waals surface area contributed by atoms with Gasteiger partial charge in [0.1, 0.15) is 0 Å². The molecule has 0 aliphatic carbocycles. The molecule has 92 valence electrons. The lowest BCUT2D eigenvalue weighted by atomic mass is 10.1. The van der Waals surface area contributed by atoms with Crippen molar-refractivity contribution in [3.8, 4) is 0 Å². The fourth-order valence-corrected chi connectivity index (χ4v) is 3.16. The molecular formula is C13H17NO2S. The van der Waals surface area contributed by atoms with Gasteiger partial charge in [-0.1, -0.05) is 13.0 Å². The summed E-state index contributed by atoms with van der Waals surface area (Å²) in [6.07, 6.45) is 1.17. The summed E-state index contributed by atoms with van der Waals surface area (Å²) < 4.78 is 4.71. The SMILES string of the molecule is COC(=O)c1cccc(NC2CSC(C)C2)c1. The Labute approximate surface area is 106 Å². The maximum Gasteiger partial charge on any atom is 0.337 e. The van der Waals surface area contributed by atoms with Crippen LogP contribution in [0, 0.1) is 0 Å². The molecule has 17 heavy (non-hydrogen) atoms.